The predicted molar refractivity (Wildman–Crippen MR) is 56.3 cm³/mol. The van der Waals surface area contributed by atoms with Gasteiger partial charge in [0.15, 0.2) is 0 Å². The molecule has 0 bridgehead atoms. The van der Waals surface area contributed by atoms with Crippen molar-refractivity contribution in [2.75, 3.05) is 13.1 Å². The second kappa shape index (κ2) is 7.63. The predicted octanol–water partition coefficient (Wildman–Crippen LogP) is 3.45. The normalized spacial score (nSPS) is 13.3. The van der Waals surface area contributed by atoms with Gasteiger partial charge in [-0.15, -0.1) is 6.58 Å². The smallest absolute Gasteiger partial charge is 0.0144 e. The first-order chi connectivity index (χ1) is 5.70. The van der Waals surface area contributed by atoms with Gasteiger partial charge in [-0.2, -0.15) is 0 Å². The van der Waals surface area contributed by atoms with Crippen molar-refractivity contribution in [1.82, 2.24) is 4.42 Å². The first-order valence-corrected chi connectivity index (χ1v) is 5.07. The number of allylic oxidation sites excluding steroid dienone is 1. The number of unbranched alkanes of at least 4 members (excludes halogenated alkanes) is 1. The molecule has 0 aliphatic carbocycles. The van der Waals surface area contributed by atoms with E-state index in [0.29, 0.717) is 5.92 Å². The highest BCUT2D eigenvalue weighted by Gasteiger charge is 2.01. The summed E-state index contributed by atoms with van der Waals surface area (Å²) in [5.74, 6) is 0.577. The molecule has 2 heteroatoms. The zero-order valence-electron chi connectivity index (χ0n) is 8.22. The molecule has 0 N–H and O–H groups in total. The Hall–Kier alpha value is -0.0100. The van der Waals surface area contributed by atoms with Crippen LogP contribution in [0.2, 0.25) is 0 Å². The van der Waals surface area contributed by atoms with Gasteiger partial charge >= 0.3 is 0 Å². The maximum absolute atomic E-state index is 5.96. The number of hydrogen-bond donors (Lipinski definition) is 0. The third kappa shape index (κ3) is 6.68. The Bertz CT molecular complexity index is 114. The highest BCUT2D eigenvalue weighted by molar-refractivity contribution is 6.13. The van der Waals surface area contributed by atoms with Crippen LogP contribution in [-0.2, 0) is 0 Å². The fraction of sp³-hybridized carbons (Fsp3) is 0.800. The Labute approximate surface area is 81.5 Å². The van der Waals surface area contributed by atoms with Crippen molar-refractivity contribution < 1.29 is 0 Å². The van der Waals surface area contributed by atoms with Gasteiger partial charge in [0, 0.05) is 13.1 Å². The molecule has 0 rings (SSSR count). The van der Waals surface area contributed by atoms with Crippen LogP contribution >= 0.6 is 11.8 Å². The topological polar surface area (TPSA) is 3.24 Å². The van der Waals surface area contributed by atoms with Crippen molar-refractivity contribution in [3.63, 3.8) is 0 Å². The minimum Gasteiger partial charge on any atom is -0.220 e. The highest BCUT2D eigenvalue weighted by atomic mass is 35.5. The van der Waals surface area contributed by atoms with E-state index in [-0.39, 0.29) is 0 Å². The van der Waals surface area contributed by atoms with Crippen LogP contribution in [-0.4, -0.2) is 17.5 Å². The number of rotatable bonds is 7. The monoisotopic (exact) mass is 189 g/mol. The molecule has 12 heavy (non-hydrogen) atoms. The number of halogens is 1. The van der Waals surface area contributed by atoms with Gasteiger partial charge in [-0.25, -0.2) is 4.42 Å². The minimum atomic E-state index is 0.577. The Morgan fingerprint density at radius 3 is 2.67 bits per heavy atom. The van der Waals surface area contributed by atoms with E-state index < -0.39 is 0 Å². The van der Waals surface area contributed by atoms with Crippen LogP contribution in [0.4, 0.5) is 0 Å². The standard InChI is InChI=1S/C10H20ClN/c1-4-6-8-12(11)9-7-10(3)5-2/h5,10H,2,4,6-9H2,1,3H3. The summed E-state index contributed by atoms with van der Waals surface area (Å²) in [7, 11) is 0. The van der Waals surface area contributed by atoms with Gasteiger partial charge in [0.05, 0.1) is 0 Å². The Kier molecular flexibility index (Phi) is 7.62. The van der Waals surface area contributed by atoms with Crippen LogP contribution in [0.3, 0.4) is 0 Å². The van der Waals surface area contributed by atoms with E-state index in [1.807, 2.05) is 10.5 Å². The van der Waals surface area contributed by atoms with Gasteiger partial charge in [-0.05, 0) is 30.5 Å². The van der Waals surface area contributed by atoms with Crippen LogP contribution < -0.4 is 0 Å². The largest absolute Gasteiger partial charge is 0.220 e. The van der Waals surface area contributed by atoms with Gasteiger partial charge in [0.2, 0.25) is 0 Å². The van der Waals surface area contributed by atoms with E-state index in [4.69, 9.17) is 11.8 Å². The zero-order valence-corrected chi connectivity index (χ0v) is 8.98. The molecule has 1 nitrogen and oxygen atoms in total. The van der Waals surface area contributed by atoms with Crippen LogP contribution in [0, 0.1) is 5.92 Å². The molecular formula is C10H20ClN. The van der Waals surface area contributed by atoms with E-state index >= 15 is 0 Å². The molecule has 0 saturated heterocycles. The summed E-state index contributed by atoms with van der Waals surface area (Å²) in [6.45, 7) is 10.0. The second-order valence-electron chi connectivity index (χ2n) is 3.27. The summed E-state index contributed by atoms with van der Waals surface area (Å²) in [4.78, 5) is 0. The van der Waals surface area contributed by atoms with Crippen molar-refractivity contribution >= 4 is 11.8 Å². The van der Waals surface area contributed by atoms with E-state index in [0.717, 1.165) is 19.5 Å². The van der Waals surface area contributed by atoms with Crippen molar-refractivity contribution in [2.24, 2.45) is 5.92 Å². The number of nitrogens with zero attached hydrogens (tertiary/aromatic N) is 1. The van der Waals surface area contributed by atoms with Gasteiger partial charge < -0.3 is 0 Å². The molecule has 1 unspecified atom stereocenters. The summed E-state index contributed by atoms with van der Waals surface area (Å²) in [5.41, 5.74) is 0. The van der Waals surface area contributed by atoms with Crippen LogP contribution in [0.25, 0.3) is 0 Å². The molecule has 0 aliphatic rings. The minimum absolute atomic E-state index is 0.577. The van der Waals surface area contributed by atoms with E-state index in [1.54, 1.807) is 0 Å². The summed E-state index contributed by atoms with van der Waals surface area (Å²) >= 11 is 5.96. The maximum Gasteiger partial charge on any atom is 0.0144 e. The molecule has 0 radical (unpaired) electrons. The lowest BCUT2D eigenvalue weighted by Crippen LogP contribution is -2.16. The van der Waals surface area contributed by atoms with Crippen molar-refractivity contribution in [3.8, 4) is 0 Å². The van der Waals surface area contributed by atoms with Gasteiger partial charge in [-0.1, -0.05) is 26.3 Å². The van der Waals surface area contributed by atoms with E-state index in [1.165, 1.54) is 12.8 Å². The van der Waals surface area contributed by atoms with Crippen molar-refractivity contribution in [3.05, 3.63) is 12.7 Å². The fourth-order valence-electron chi connectivity index (χ4n) is 0.903. The van der Waals surface area contributed by atoms with E-state index in [9.17, 15) is 0 Å². The quantitative estimate of drug-likeness (QED) is 0.438. The molecule has 0 aromatic rings. The Morgan fingerprint density at radius 2 is 2.17 bits per heavy atom. The molecule has 0 aromatic heterocycles. The molecule has 1 atom stereocenters. The lowest BCUT2D eigenvalue weighted by molar-refractivity contribution is 0.411. The van der Waals surface area contributed by atoms with Gasteiger partial charge in [0.1, 0.15) is 0 Å². The Morgan fingerprint density at radius 1 is 1.50 bits per heavy atom. The molecule has 0 amide bonds. The van der Waals surface area contributed by atoms with E-state index in [2.05, 4.69) is 20.4 Å². The third-order valence-electron chi connectivity index (χ3n) is 1.98. The molecule has 0 spiro atoms. The van der Waals surface area contributed by atoms with Gasteiger partial charge in [0.25, 0.3) is 0 Å². The molecule has 0 fully saturated rings. The lowest BCUT2D eigenvalue weighted by atomic mass is 10.1. The molecular weight excluding hydrogens is 170 g/mol. The molecule has 72 valence electrons. The van der Waals surface area contributed by atoms with Crippen LogP contribution in [0.1, 0.15) is 33.1 Å². The summed E-state index contributed by atoms with van der Waals surface area (Å²) in [6, 6.07) is 0. The maximum atomic E-state index is 5.96. The average molecular weight is 190 g/mol. The molecule has 0 heterocycles. The third-order valence-corrected chi connectivity index (χ3v) is 2.32. The SMILES string of the molecule is C=CC(C)CCN(Cl)CCCC. The van der Waals surface area contributed by atoms with Crippen molar-refractivity contribution in [2.45, 2.75) is 33.1 Å². The number of hydrogen-bond acceptors (Lipinski definition) is 1. The highest BCUT2D eigenvalue weighted by Crippen LogP contribution is 2.06. The second-order valence-corrected chi connectivity index (χ2v) is 3.74. The van der Waals surface area contributed by atoms with Crippen molar-refractivity contribution in [1.29, 1.82) is 0 Å². The lowest BCUT2D eigenvalue weighted by Gasteiger charge is -2.14. The molecule has 0 saturated carbocycles. The molecule has 0 aromatic carbocycles. The molecule has 0 aliphatic heterocycles. The summed E-state index contributed by atoms with van der Waals surface area (Å²) in [5, 5.41) is 0. The fourth-order valence-corrected chi connectivity index (χ4v) is 1.12. The first-order valence-electron chi connectivity index (χ1n) is 4.74. The summed E-state index contributed by atoms with van der Waals surface area (Å²) < 4.78 is 1.88. The van der Waals surface area contributed by atoms with Gasteiger partial charge in [-0.3, -0.25) is 0 Å². The average Bonchev–Trinajstić information content (AvgIpc) is 2.10. The van der Waals surface area contributed by atoms with Crippen LogP contribution in [0.15, 0.2) is 12.7 Å². The van der Waals surface area contributed by atoms with Crippen LogP contribution in [0.5, 0.6) is 0 Å². The Balaban J connectivity index is 3.29. The zero-order chi connectivity index (χ0) is 9.40. The summed E-state index contributed by atoms with van der Waals surface area (Å²) in [6.07, 6.45) is 5.48. The first kappa shape index (κ1) is 12.0.